The van der Waals surface area contributed by atoms with Crippen LogP contribution in [-0.2, 0) is 19.4 Å². The fourth-order valence-electron chi connectivity index (χ4n) is 3.72. The van der Waals surface area contributed by atoms with Crippen molar-refractivity contribution in [2.75, 3.05) is 6.26 Å². The first-order valence-corrected chi connectivity index (χ1v) is 10.9. The summed E-state index contributed by atoms with van der Waals surface area (Å²) in [4.78, 5) is 25.3. The summed E-state index contributed by atoms with van der Waals surface area (Å²) in [7, 11) is -3.86. The summed E-state index contributed by atoms with van der Waals surface area (Å²) in [5.74, 6) is 1.27. The Morgan fingerprint density at radius 2 is 1.63 bits per heavy atom. The maximum absolute atomic E-state index is 13.0. The van der Waals surface area contributed by atoms with Crippen LogP contribution >= 0.6 is 0 Å². The van der Waals surface area contributed by atoms with E-state index in [1.54, 1.807) is 19.3 Å². The molecule has 2 amide bonds. The Labute approximate surface area is 162 Å². The highest BCUT2D eigenvalue weighted by atomic mass is 32.2. The number of hydrogen-bond acceptors (Lipinski definition) is 6. The van der Waals surface area contributed by atoms with Crippen molar-refractivity contribution >= 4 is 21.7 Å². The molecule has 0 aliphatic heterocycles. The number of hydrogen-bond donors (Lipinski definition) is 4. The van der Waals surface area contributed by atoms with Gasteiger partial charge in [-0.25, -0.2) is 19.7 Å². The van der Waals surface area contributed by atoms with Crippen LogP contribution in [0.25, 0.3) is 0 Å². The van der Waals surface area contributed by atoms with Crippen LogP contribution in [0.15, 0.2) is 11.6 Å². The Hall–Kier alpha value is -1.45. The highest BCUT2D eigenvalue weighted by Gasteiger charge is 2.54. The van der Waals surface area contributed by atoms with Crippen molar-refractivity contribution in [3.05, 3.63) is 11.6 Å². The van der Waals surface area contributed by atoms with Crippen molar-refractivity contribution in [1.82, 2.24) is 10.9 Å². The van der Waals surface area contributed by atoms with Gasteiger partial charge in [0, 0.05) is 6.26 Å². The van der Waals surface area contributed by atoms with E-state index in [0.717, 1.165) is 6.26 Å². The van der Waals surface area contributed by atoms with Crippen LogP contribution in [0.3, 0.4) is 0 Å². The summed E-state index contributed by atoms with van der Waals surface area (Å²) >= 11 is 0. The summed E-state index contributed by atoms with van der Waals surface area (Å²) in [5, 5.41) is 9.36. The number of nitrogens with two attached hydrogens (primary N) is 1. The van der Waals surface area contributed by atoms with Crippen LogP contribution in [-0.4, -0.2) is 36.4 Å². The molecular weight excluding hydrogens is 370 g/mol. The monoisotopic (exact) mass is 405 g/mol. The first-order valence-electron chi connectivity index (χ1n) is 9.03. The smallest absolute Gasteiger partial charge is 0.249 e. The summed E-state index contributed by atoms with van der Waals surface area (Å²) in [6.07, 6.45) is 2.92. The van der Waals surface area contributed by atoms with Crippen LogP contribution in [0, 0.1) is 23.7 Å². The molecule has 0 fully saturated rings. The van der Waals surface area contributed by atoms with Crippen LogP contribution in [0.2, 0.25) is 0 Å². The lowest BCUT2D eigenvalue weighted by Gasteiger charge is -2.41. The minimum absolute atomic E-state index is 0.00990. The highest BCUT2D eigenvalue weighted by Crippen LogP contribution is 2.42. The molecular formula is C18H35N3O5S. The molecule has 0 aromatic heterocycles. The fraction of sp³-hybridized carbons (Fsp3) is 0.778. The zero-order valence-electron chi connectivity index (χ0n) is 17.4. The lowest BCUT2D eigenvalue weighted by molar-refractivity contribution is -0.142. The van der Waals surface area contributed by atoms with E-state index in [4.69, 9.17) is 5.84 Å². The number of carbonyl (C=O) groups excluding carboxylic acids is 2. The van der Waals surface area contributed by atoms with E-state index in [0.29, 0.717) is 5.57 Å². The molecule has 158 valence electrons. The number of amides is 2. The number of carbonyl (C=O) groups is 2. The van der Waals surface area contributed by atoms with Gasteiger partial charge < -0.3 is 0 Å². The maximum Gasteiger partial charge on any atom is 0.249 e. The van der Waals surface area contributed by atoms with Gasteiger partial charge in [-0.3, -0.25) is 20.2 Å². The number of allylic oxidation sites excluding steroid dienone is 1. The van der Waals surface area contributed by atoms with Gasteiger partial charge in [0.15, 0.2) is 9.84 Å². The van der Waals surface area contributed by atoms with E-state index in [2.05, 4.69) is 0 Å². The van der Waals surface area contributed by atoms with E-state index in [1.807, 2.05) is 33.1 Å². The van der Waals surface area contributed by atoms with Gasteiger partial charge >= 0.3 is 0 Å². The van der Waals surface area contributed by atoms with Gasteiger partial charge in [0.1, 0.15) is 4.75 Å². The van der Waals surface area contributed by atoms with Gasteiger partial charge in [-0.1, -0.05) is 39.3 Å². The summed E-state index contributed by atoms with van der Waals surface area (Å²) in [6.45, 7) is 10.9. The van der Waals surface area contributed by atoms with Crippen LogP contribution in [0.1, 0.15) is 54.4 Å². The van der Waals surface area contributed by atoms with Crippen molar-refractivity contribution in [2.24, 2.45) is 29.5 Å². The van der Waals surface area contributed by atoms with Crippen LogP contribution in [0.4, 0.5) is 0 Å². The third-order valence-corrected chi connectivity index (χ3v) is 6.40. The molecule has 0 saturated carbocycles. The Morgan fingerprint density at radius 3 is 1.93 bits per heavy atom. The van der Waals surface area contributed by atoms with Crippen molar-refractivity contribution in [3.8, 4) is 0 Å². The second kappa shape index (κ2) is 10.2. The van der Waals surface area contributed by atoms with E-state index >= 15 is 0 Å². The van der Waals surface area contributed by atoms with E-state index in [-0.39, 0.29) is 24.7 Å². The van der Waals surface area contributed by atoms with Gasteiger partial charge in [-0.15, -0.1) is 0 Å². The van der Waals surface area contributed by atoms with Crippen molar-refractivity contribution in [3.63, 3.8) is 0 Å². The van der Waals surface area contributed by atoms with Gasteiger partial charge in [0.05, 0.1) is 11.8 Å². The van der Waals surface area contributed by atoms with E-state index < -0.39 is 38.2 Å². The Balaban J connectivity index is 7.01. The summed E-state index contributed by atoms with van der Waals surface area (Å²) in [5.41, 5.74) is 4.30. The largest absolute Gasteiger partial charge is 0.294 e. The molecule has 5 N–H and O–H groups in total. The van der Waals surface area contributed by atoms with Gasteiger partial charge in [-0.05, 0) is 38.5 Å². The molecule has 0 radical (unpaired) electrons. The second-order valence-electron chi connectivity index (χ2n) is 8.25. The molecule has 1 unspecified atom stereocenters. The molecule has 8 nitrogen and oxygen atoms in total. The Bertz CT molecular complexity index is 654. The quantitative estimate of drug-likeness (QED) is 0.143. The minimum Gasteiger partial charge on any atom is -0.294 e. The molecule has 0 saturated heterocycles. The molecule has 0 aliphatic rings. The molecule has 0 heterocycles. The molecule has 27 heavy (non-hydrogen) atoms. The molecule has 9 heteroatoms. The van der Waals surface area contributed by atoms with Crippen molar-refractivity contribution in [2.45, 2.75) is 59.1 Å². The first-order chi connectivity index (χ1) is 12.2. The van der Waals surface area contributed by atoms with Crippen molar-refractivity contribution in [1.29, 1.82) is 0 Å². The average molecular weight is 406 g/mol. The third-order valence-electron chi connectivity index (χ3n) is 4.48. The molecule has 0 rings (SSSR count). The molecule has 0 bridgehead atoms. The standard InChI is InChI=1S/C18H35N3O5S/c1-11(2)8-14(16(22)20-19)15(17(23)21-24)18(9-12(3)4,10-13(5)6)27(7,25)26/h9,11,13-15,24H,8,10,19H2,1-7H3,(H,20,22)(H,21,23)/t14-,15+,18?/m1/s1. The van der Waals surface area contributed by atoms with Crippen LogP contribution < -0.4 is 16.7 Å². The van der Waals surface area contributed by atoms with Crippen molar-refractivity contribution < 1.29 is 23.2 Å². The molecule has 0 aromatic rings. The average Bonchev–Trinajstić information content (AvgIpc) is 2.50. The lowest BCUT2D eigenvalue weighted by Crippen LogP contribution is -2.57. The number of hydrazine groups is 1. The zero-order valence-corrected chi connectivity index (χ0v) is 18.2. The number of sulfone groups is 1. The van der Waals surface area contributed by atoms with Gasteiger partial charge in [0.2, 0.25) is 11.8 Å². The minimum atomic E-state index is -3.86. The number of nitrogens with one attached hydrogen (secondary N) is 2. The van der Waals surface area contributed by atoms with Crippen LogP contribution in [0.5, 0.6) is 0 Å². The second-order valence-corrected chi connectivity index (χ2v) is 10.5. The molecule has 0 spiro atoms. The molecule has 0 aromatic carbocycles. The highest BCUT2D eigenvalue weighted by molar-refractivity contribution is 7.92. The first kappa shape index (κ1) is 25.6. The predicted molar refractivity (Wildman–Crippen MR) is 105 cm³/mol. The third kappa shape index (κ3) is 6.58. The summed E-state index contributed by atoms with van der Waals surface area (Å²) in [6, 6.07) is 0. The van der Waals surface area contributed by atoms with E-state index in [1.165, 1.54) is 6.08 Å². The summed E-state index contributed by atoms with van der Waals surface area (Å²) < 4.78 is 24.4. The Kier molecular flexibility index (Phi) is 9.64. The molecule has 0 aliphatic carbocycles. The molecule has 3 atom stereocenters. The van der Waals surface area contributed by atoms with E-state index in [9.17, 15) is 23.2 Å². The number of hydroxylamine groups is 1. The van der Waals surface area contributed by atoms with Gasteiger partial charge in [-0.2, -0.15) is 0 Å². The predicted octanol–water partition coefficient (Wildman–Crippen LogP) is 1.56. The SMILES string of the molecule is CC(C)=CC(CC(C)C)([C@H](C(=O)NO)[C@@H](CC(C)C)C(=O)NN)S(C)(=O)=O. The normalized spacial score (nSPS) is 16.4. The maximum atomic E-state index is 13.0. The van der Waals surface area contributed by atoms with Gasteiger partial charge in [0.25, 0.3) is 0 Å². The fourth-order valence-corrected chi connectivity index (χ4v) is 5.53. The lowest BCUT2D eigenvalue weighted by atomic mass is 9.72. The number of rotatable bonds is 10. The zero-order chi connectivity index (χ0) is 21.6. The topological polar surface area (TPSA) is 139 Å². The Morgan fingerprint density at radius 1 is 1.11 bits per heavy atom.